The van der Waals surface area contributed by atoms with Crippen LogP contribution in [0.5, 0.6) is 0 Å². The van der Waals surface area contributed by atoms with Gasteiger partial charge in [0, 0.05) is 17.1 Å². The molecule has 0 unspecified atom stereocenters. The van der Waals surface area contributed by atoms with Gasteiger partial charge in [0.25, 0.3) is 0 Å². The van der Waals surface area contributed by atoms with Crippen LogP contribution in [-0.4, -0.2) is 4.98 Å². The SMILES string of the molecule is Cl.N#CCc1c[nH]c2ccccc12. The summed E-state index contributed by atoms with van der Waals surface area (Å²) in [5.41, 5.74) is 2.18. The zero-order valence-electron chi connectivity index (χ0n) is 6.95. The van der Waals surface area contributed by atoms with Crippen molar-refractivity contribution >= 4 is 23.3 Å². The Labute approximate surface area is 82.6 Å². The molecular formula is C10H9ClN2. The normalized spacial score (nSPS) is 9.15. The fraction of sp³-hybridized carbons (Fsp3) is 0.100. The van der Waals surface area contributed by atoms with E-state index in [1.165, 1.54) is 0 Å². The zero-order valence-corrected chi connectivity index (χ0v) is 7.77. The van der Waals surface area contributed by atoms with Gasteiger partial charge < -0.3 is 4.98 Å². The first-order valence-electron chi connectivity index (χ1n) is 3.84. The summed E-state index contributed by atoms with van der Waals surface area (Å²) in [5, 5.41) is 9.69. The largest absolute Gasteiger partial charge is 0.361 e. The number of nitriles is 1. The van der Waals surface area contributed by atoms with Gasteiger partial charge in [-0.15, -0.1) is 12.4 Å². The van der Waals surface area contributed by atoms with Crippen LogP contribution >= 0.6 is 12.4 Å². The third-order valence-electron chi connectivity index (χ3n) is 1.94. The predicted octanol–water partition coefficient (Wildman–Crippen LogP) is 2.66. The second-order valence-electron chi connectivity index (χ2n) is 2.69. The summed E-state index contributed by atoms with van der Waals surface area (Å²) in [6, 6.07) is 10.1. The maximum atomic E-state index is 8.53. The molecule has 0 spiro atoms. The number of benzene rings is 1. The van der Waals surface area contributed by atoms with Crippen molar-refractivity contribution < 1.29 is 0 Å². The summed E-state index contributed by atoms with van der Waals surface area (Å²) in [5.74, 6) is 0. The van der Waals surface area contributed by atoms with E-state index in [2.05, 4.69) is 11.1 Å². The Bertz CT molecular complexity index is 439. The molecule has 0 aliphatic rings. The van der Waals surface area contributed by atoms with Gasteiger partial charge in [-0.1, -0.05) is 18.2 Å². The lowest BCUT2D eigenvalue weighted by molar-refractivity contribution is 1.28. The molecule has 1 N–H and O–H groups in total. The van der Waals surface area contributed by atoms with Crippen LogP contribution in [0.25, 0.3) is 10.9 Å². The van der Waals surface area contributed by atoms with Crippen LogP contribution < -0.4 is 0 Å². The molecule has 1 aromatic carbocycles. The quantitative estimate of drug-likeness (QED) is 0.742. The smallest absolute Gasteiger partial charge is 0.0670 e. The van der Waals surface area contributed by atoms with Crippen LogP contribution in [0.1, 0.15) is 5.56 Å². The molecule has 0 amide bonds. The van der Waals surface area contributed by atoms with Crippen LogP contribution in [0.3, 0.4) is 0 Å². The number of H-pyrrole nitrogens is 1. The summed E-state index contributed by atoms with van der Waals surface area (Å²) in [6.07, 6.45) is 2.37. The van der Waals surface area contributed by atoms with Gasteiger partial charge in [-0.05, 0) is 11.6 Å². The summed E-state index contributed by atoms with van der Waals surface area (Å²) >= 11 is 0. The number of aromatic nitrogens is 1. The van der Waals surface area contributed by atoms with E-state index in [1.807, 2.05) is 30.5 Å². The number of aromatic amines is 1. The summed E-state index contributed by atoms with van der Waals surface area (Å²) in [7, 11) is 0. The highest BCUT2D eigenvalue weighted by Gasteiger charge is 2.00. The summed E-state index contributed by atoms with van der Waals surface area (Å²) in [4.78, 5) is 3.12. The van der Waals surface area contributed by atoms with Gasteiger partial charge in [-0.2, -0.15) is 5.26 Å². The van der Waals surface area contributed by atoms with E-state index < -0.39 is 0 Å². The minimum atomic E-state index is 0. The minimum Gasteiger partial charge on any atom is -0.361 e. The zero-order chi connectivity index (χ0) is 8.39. The number of nitrogens with zero attached hydrogens (tertiary/aromatic N) is 1. The first kappa shape index (κ1) is 9.63. The Hall–Kier alpha value is -1.46. The number of hydrogen-bond acceptors (Lipinski definition) is 1. The van der Waals surface area contributed by atoms with Crippen LogP contribution in [0, 0.1) is 11.3 Å². The molecule has 13 heavy (non-hydrogen) atoms. The van der Waals surface area contributed by atoms with Crippen molar-refractivity contribution in [3.05, 3.63) is 36.0 Å². The number of rotatable bonds is 1. The fourth-order valence-corrected chi connectivity index (χ4v) is 1.36. The number of hydrogen-bond donors (Lipinski definition) is 1. The lowest BCUT2D eigenvalue weighted by Crippen LogP contribution is -1.75. The lowest BCUT2D eigenvalue weighted by Gasteiger charge is -1.89. The van der Waals surface area contributed by atoms with Crippen molar-refractivity contribution in [1.82, 2.24) is 4.98 Å². The Morgan fingerprint density at radius 3 is 2.85 bits per heavy atom. The van der Waals surface area contributed by atoms with E-state index in [-0.39, 0.29) is 12.4 Å². The van der Waals surface area contributed by atoms with E-state index in [9.17, 15) is 0 Å². The topological polar surface area (TPSA) is 39.6 Å². The van der Waals surface area contributed by atoms with Crippen LogP contribution in [0.2, 0.25) is 0 Å². The minimum absolute atomic E-state index is 0. The fourth-order valence-electron chi connectivity index (χ4n) is 1.36. The predicted molar refractivity (Wildman–Crippen MR) is 54.9 cm³/mol. The number of halogens is 1. The van der Waals surface area contributed by atoms with Gasteiger partial charge in [0.1, 0.15) is 0 Å². The van der Waals surface area contributed by atoms with E-state index in [1.54, 1.807) is 0 Å². The van der Waals surface area contributed by atoms with E-state index in [4.69, 9.17) is 5.26 Å². The van der Waals surface area contributed by atoms with Crippen molar-refractivity contribution in [2.24, 2.45) is 0 Å². The Balaban J connectivity index is 0.000000845. The molecular weight excluding hydrogens is 184 g/mol. The molecule has 66 valence electrons. The van der Waals surface area contributed by atoms with Crippen molar-refractivity contribution in [2.45, 2.75) is 6.42 Å². The van der Waals surface area contributed by atoms with Gasteiger partial charge in [-0.3, -0.25) is 0 Å². The molecule has 0 aliphatic carbocycles. The molecule has 0 fully saturated rings. The maximum Gasteiger partial charge on any atom is 0.0670 e. The second-order valence-corrected chi connectivity index (χ2v) is 2.69. The van der Waals surface area contributed by atoms with Gasteiger partial charge >= 0.3 is 0 Å². The van der Waals surface area contributed by atoms with Gasteiger partial charge in [0.05, 0.1) is 12.5 Å². The Morgan fingerprint density at radius 2 is 2.08 bits per heavy atom. The van der Waals surface area contributed by atoms with Crippen LogP contribution in [0.15, 0.2) is 30.5 Å². The van der Waals surface area contributed by atoms with Crippen LogP contribution in [0.4, 0.5) is 0 Å². The highest BCUT2D eigenvalue weighted by Crippen LogP contribution is 2.17. The molecule has 0 saturated carbocycles. The molecule has 2 rings (SSSR count). The maximum absolute atomic E-state index is 8.53. The van der Waals surface area contributed by atoms with E-state index in [0.29, 0.717) is 6.42 Å². The molecule has 0 aliphatic heterocycles. The van der Waals surface area contributed by atoms with Gasteiger partial charge in [-0.25, -0.2) is 0 Å². The second kappa shape index (κ2) is 3.97. The molecule has 0 radical (unpaired) electrons. The highest BCUT2D eigenvalue weighted by molar-refractivity contribution is 5.85. The van der Waals surface area contributed by atoms with Crippen LogP contribution in [-0.2, 0) is 6.42 Å². The first-order chi connectivity index (χ1) is 5.92. The van der Waals surface area contributed by atoms with Gasteiger partial charge in [0.2, 0.25) is 0 Å². The van der Waals surface area contributed by atoms with Gasteiger partial charge in [0.15, 0.2) is 0 Å². The monoisotopic (exact) mass is 192 g/mol. The number of para-hydroxylation sites is 1. The Kier molecular flexibility index (Phi) is 2.94. The van der Waals surface area contributed by atoms with Crippen molar-refractivity contribution in [1.29, 1.82) is 5.26 Å². The van der Waals surface area contributed by atoms with Crippen molar-refractivity contribution in [3.63, 3.8) is 0 Å². The third-order valence-corrected chi connectivity index (χ3v) is 1.94. The number of nitrogens with one attached hydrogen (secondary N) is 1. The molecule has 0 atom stereocenters. The van der Waals surface area contributed by atoms with Crippen molar-refractivity contribution in [3.8, 4) is 6.07 Å². The lowest BCUT2D eigenvalue weighted by atomic mass is 10.1. The first-order valence-corrected chi connectivity index (χ1v) is 3.84. The molecule has 0 saturated heterocycles. The Morgan fingerprint density at radius 1 is 1.31 bits per heavy atom. The standard InChI is InChI=1S/C10H8N2.ClH/c11-6-5-8-7-12-10-4-2-1-3-9(8)10;/h1-4,7,12H,5H2;1H. The highest BCUT2D eigenvalue weighted by atomic mass is 35.5. The van der Waals surface area contributed by atoms with Crippen molar-refractivity contribution in [2.75, 3.05) is 0 Å². The summed E-state index contributed by atoms with van der Waals surface area (Å²) in [6.45, 7) is 0. The molecule has 2 nitrogen and oxygen atoms in total. The van der Waals surface area contributed by atoms with E-state index in [0.717, 1.165) is 16.5 Å². The average Bonchev–Trinajstić information content (AvgIpc) is 2.50. The molecule has 1 heterocycles. The third kappa shape index (κ3) is 1.66. The number of fused-ring (bicyclic) bond motifs is 1. The molecule has 3 heteroatoms. The average molecular weight is 193 g/mol. The van der Waals surface area contributed by atoms with E-state index >= 15 is 0 Å². The summed E-state index contributed by atoms with van der Waals surface area (Å²) < 4.78 is 0. The molecule has 2 aromatic rings. The molecule has 1 aromatic heterocycles. The molecule has 0 bridgehead atoms.